The van der Waals surface area contributed by atoms with E-state index in [-0.39, 0.29) is 11.7 Å². The molecule has 1 fully saturated rings. The van der Waals surface area contributed by atoms with Crippen molar-refractivity contribution in [3.8, 4) is 0 Å². The predicted molar refractivity (Wildman–Crippen MR) is 89.2 cm³/mol. The van der Waals surface area contributed by atoms with E-state index < -0.39 is 10.0 Å². The first-order chi connectivity index (χ1) is 10.2. The molecule has 1 saturated heterocycles. The van der Waals surface area contributed by atoms with E-state index >= 15 is 0 Å². The lowest BCUT2D eigenvalue weighted by atomic mass is 9.93. The molecule has 1 atom stereocenters. The Bertz CT molecular complexity index is 449. The van der Waals surface area contributed by atoms with E-state index in [9.17, 15) is 13.2 Å². The molecule has 1 amide bonds. The smallest absolute Gasteiger partial charge is 0.222 e. The minimum absolute atomic E-state index is 0.189. The lowest BCUT2D eigenvalue weighted by molar-refractivity contribution is -0.129. The fourth-order valence-corrected chi connectivity index (χ4v) is 3.65. The first kappa shape index (κ1) is 19.4. The highest BCUT2D eigenvalue weighted by Crippen LogP contribution is 2.21. The Kier molecular flexibility index (Phi) is 7.79. The van der Waals surface area contributed by atoms with Gasteiger partial charge in [-0.3, -0.25) is 4.79 Å². The topological polar surface area (TPSA) is 60.9 Å². The molecule has 0 bridgehead atoms. The highest BCUT2D eigenvalue weighted by atomic mass is 32.2. The molecule has 7 heteroatoms. The Hall–Kier alpha value is -0.660. The van der Waals surface area contributed by atoms with Crippen LogP contribution >= 0.6 is 0 Å². The molecule has 0 aliphatic carbocycles. The number of nitrogens with zero attached hydrogens (tertiary/aromatic N) is 3. The molecule has 0 aromatic carbocycles. The summed E-state index contributed by atoms with van der Waals surface area (Å²) < 4.78 is 24.8. The number of amides is 1. The van der Waals surface area contributed by atoms with Gasteiger partial charge in [0, 0.05) is 41.2 Å². The number of hydrogen-bond acceptors (Lipinski definition) is 4. The van der Waals surface area contributed by atoms with Crippen molar-refractivity contribution < 1.29 is 13.2 Å². The van der Waals surface area contributed by atoms with Gasteiger partial charge in [0.15, 0.2) is 0 Å². The first-order valence-electron chi connectivity index (χ1n) is 8.05. The lowest BCUT2D eigenvalue weighted by Gasteiger charge is -2.32. The Labute approximate surface area is 135 Å². The van der Waals surface area contributed by atoms with Gasteiger partial charge in [-0.05, 0) is 44.7 Å². The zero-order chi connectivity index (χ0) is 16.8. The predicted octanol–water partition coefficient (Wildman–Crippen LogP) is 0.848. The molecule has 0 aromatic heterocycles. The van der Waals surface area contributed by atoms with Crippen molar-refractivity contribution in [2.24, 2.45) is 5.92 Å². The van der Waals surface area contributed by atoms with E-state index in [0.29, 0.717) is 18.8 Å². The number of piperidine rings is 1. The second kappa shape index (κ2) is 8.84. The quantitative estimate of drug-likeness (QED) is 0.661. The maximum Gasteiger partial charge on any atom is 0.222 e. The van der Waals surface area contributed by atoms with Crippen LogP contribution in [0.25, 0.3) is 0 Å². The summed E-state index contributed by atoms with van der Waals surface area (Å²) in [6.45, 7) is 2.86. The summed E-state index contributed by atoms with van der Waals surface area (Å²) in [5.74, 6) is 0.956. The summed E-state index contributed by atoms with van der Waals surface area (Å²) in [7, 11) is 3.65. The van der Waals surface area contributed by atoms with Crippen LogP contribution in [0.3, 0.4) is 0 Å². The summed E-state index contributed by atoms with van der Waals surface area (Å²) >= 11 is 0. The molecule has 0 spiro atoms. The summed E-state index contributed by atoms with van der Waals surface area (Å²) in [5, 5.41) is 0. The van der Waals surface area contributed by atoms with Crippen LogP contribution in [0.15, 0.2) is 0 Å². The van der Waals surface area contributed by atoms with Crippen LogP contribution in [0, 0.1) is 5.92 Å². The van der Waals surface area contributed by atoms with Crippen molar-refractivity contribution in [2.45, 2.75) is 32.1 Å². The molecule has 130 valence electrons. The second-order valence-electron chi connectivity index (χ2n) is 6.59. The average Bonchev–Trinajstić information content (AvgIpc) is 2.44. The Morgan fingerprint density at radius 1 is 1.23 bits per heavy atom. The zero-order valence-electron chi connectivity index (χ0n) is 14.4. The van der Waals surface area contributed by atoms with Crippen molar-refractivity contribution >= 4 is 15.9 Å². The van der Waals surface area contributed by atoms with Gasteiger partial charge in [-0.25, -0.2) is 12.7 Å². The van der Waals surface area contributed by atoms with Crippen LogP contribution in [0.2, 0.25) is 0 Å². The Balaban J connectivity index is 2.30. The molecule has 22 heavy (non-hydrogen) atoms. The maximum atomic E-state index is 11.7. The standard InChI is InChI=1S/C15H31N3O3S/c1-16(2)15(19)9-8-14-7-5-10-18(13-14)11-6-12-22(20,21)17(3)4/h14H,5-13H2,1-4H3/t14-/m1/s1. The SMILES string of the molecule is CN(C)C(=O)CC[C@H]1CCCN(CCCS(=O)(=O)N(C)C)C1. The van der Waals surface area contributed by atoms with Gasteiger partial charge in [-0.1, -0.05) is 0 Å². The van der Waals surface area contributed by atoms with Gasteiger partial charge in [-0.2, -0.15) is 0 Å². The molecular weight excluding hydrogens is 302 g/mol. The number of rotatable bonds is 8. The van der Waals surface area contributed by atoms with Gasteiger partial charge in [0.05, 0.1) is 5.75 Å². The molecule has 0 unspecified atom stereocenters. The van der Waals surface area contributed by atoms with E-state index in [1.807, 2.05) is 0 Å². The van der Waals surface area contributed by atoms with Gasteiger partial charge in [0.2, 0.25) is 15.9 Å². The largest absolute Gasteiger partial charge is 0.349 e. The van der Waals surface area contributed by atoms with E-state index in [1.165, 1.54) is 10.7 Å². The van der Waals surface area contributed by atoms with Gasteiger partial charge in [0.25, 0.3) is 0 Å². The normalized spacial score (nSPS) is 20.3. The maximum absolute atomic E-state index is 11.7. The fourth-order valence-electron chi connectivity index (χ4n) is 2.79. The van der Waals surface area contributed by atoms with Crippen molar-refractivity contribution in [1.29, 1.82) is 0 Å². The minimum atomic E-state index is -3.09. The van der Waals surface area contributed by atoms with Gasteiger partial charge >= 0.3 is 0 Å². The average molecular weight is 333 g/mol. The van der Waals surface area contributed by atoms with Crippen LogP contribution in [0.5, 0.6) is 0 Å². The molecule has 0 saturated carbocycles. The molecule has 0 N–H and O–H groups in total. The number of hydrogen-bond donors (Lipinski definition) is 0. The molecule has 1 heterocycles. The highest BCUT2D eigenvalue weighted by molar-refractivity contribution is 7.89. The van der Waals surface area contributed by atoms with Gasteiger partial charge < -0.3 is 9.80 Å². The molecule has 1 aliphatic rings. The third-order valence-corrected chi connectivity index (χ3v) is 6.22. The molecule has 1 rings (SSSR count). The fraction of sp³-hybridized carbons (Fsp3) is 0.933. The van der Waals surface area contributed by atoms with Crippen LogP contribution in [0.4, 0.5) is 0 Å². The van der Waals surface area contributed by atoms with E-state index in [4.69, 9.17) is 0 Å². The van der Waals surface area contributed by atoms with Crippen LogP contribution < -0.4 is 0 Å². The number of sulfonamides is 1. The van der Waals surface area contributed by atoms with Crippen LogP contribution in [-0.4, -0.2) is 82.0 Å². The van der Waals surface area contributed by atoms with E-state index in [1.54, 1.807) is 33.1 Å². The van der Waals surface area contributed by atoms with Crippen LogP contribution in [0.1, 0.15) is 32.1 Å². The zero-order valence-corrected chi connectivity index (χ0v) is 15.2. The summed E-state index contributed by atoms with van der Waals surface area (Å²) in [4.78, 5) is 15.6. The molecule has 1 aliphatic heterocycles. The molecule has 0 aromatic rings. The third kappa shape index (κ3) is 6.62. The second-order valence-corrected chi connectivity index (χ2v) is 8.89. The van der Waals surface area contributed by atoms with Crippen molar-refractivity contribution in [2.75, 3.05) is 53.6 Å². The van der Waals surface area contributed by atoms with Crippen molar-refractivity contribution in [3.63, 3.8) is 0 Å². The molecular formula is C15H31N3O3S. The monoisotopic (exact) mass is 333 g/mol. The lowest BCUT2D eigenvalue weighted by Crippen LogP contribution is -2.37. The highest BCUT2D eigenvalue weighted by Gasteiger charge is 2.21. The minimum Gasteiger partial charge on any atom is -0.349 e. The van der Waals surface area contributed by atoms with E-state index in [2.05, 4.69) is 4.90 Å². The van der Waals surface area contributed by atoms with E-state index in [0.717, 1.165) is 32.5 Å². The number of likely N-dealkylation sites (tertiary alicyclic amines) is 1. The molecule has 0 radical (unpaired) electrons. The number of carbonyl (C=O) groups is 1. The van der Waals surface area contributed by atoms with Crippen molar-refractivity contribution in [1.82, 2.24) is 14.1 Å². The summed E-state index contributed by atoms with van der Waals surface area (Å²) in [5.41, 5.74) is 0. The number of carbonyl (C=O) groups excluding carboxylic acids is 1. The first-order valence-corrected chi connectivity index (χ1v) is 9.66. The van der Waals surface area contributed by atoms with Gasteiger partial charge in [-0.15, -0.1) is 0 Å². The summed E-state index contributed by atoms with van der Waals surface area (Å²) in [6, 6.07) is 0. The van der Waals surface area contributed by atoms with Crippen LogP contribution in [-0.2, 0) is 14.8 Å². The third-order valence-electron chi connectivity index (χ3n) is 4.30. The van der Waals surface area contributed by atoms with Crippen molar-refractivity contribution in [3.05, 3.63) is 0 Å². The summed E-state index contributed by atoms with van der Waals surface area (Å²) in [6.07, 6.45) is 4.53. The molecule has 6 nitrogen and oxygen atoms in total. The van der Waals surface area contributed by atoms with Gasteiger partial charge in [0.1, 0.15) is 0 Å². The Morgan fingerprint density at radius 2 is 1.91 bits per heavy atom. The Morgan fingerprint density at radius 3 is 2.50 bits per heavy atom.